The molecule has 0 aliphatic carbocycles. The summed E-state index contributed by atoms with van der Waals surface area (Å²) in [6.07, 6.45) is -0.422. The predicted molar refractivity (Wildman–Crippen MR) is 212 cm³/mol. The van der Waals surface area contributed by atoms with Crippen molar-refractivity contribution in [1.82, 2.24) is 31.9 Å². The highest BCUT2D eigenvalue weighted by Gasteiger charge is 2.34. The third kappa shape index (κ3) is 22.8. The van der Waals surface area contributed by atoms with E-state index >= 15 is 0 Å². The van der Waals surface area contributed by atoms with Gasteiger partial charge in [-0.3, -0.25) is 48.5 Å². The number of aliphatic imine (C=N–C) groups is 3. The number of nitrogens with two attached hydrogens (primary N) is 8. The molecule has 23 N–H and O–H groups in total. The molecule has 0 aromatic carbocycles. The Morgan fingerprint density at radius 1 is 0.534 bits per heavy atom. The van der Waals surface area contributed by atoms with Crippen molar-refractivity contribution in [1.29, 1.82) is 0 Å². The molecule has 0 spiro atoms. The smallest absolute Gasteiger partial charge is 0.326 e. The van der Waals surface area contributed by atoms with Crippen molar-refractivity contribution < 1.29 is 43.5 Å². The molecule has 0 aromatic rings. The number of rotatable bonds is 28. The minimum absolute atomic E-state index is 0.0268. The Kier molecular flexibility index (Phi) is 24.2. The maximum atomic E-state index is 13.8. The molecule has 0 radical (unpaired) electrons. The van der Waals surface area contributed by atoms with Gasteiger partial charge in [0, 0.05) is 19.6 Å². The highest BCUT2D eigenvalue weighted by atomic mass is 16.4. The van der Waals surface area contributed by atoms with Crippen LogP contribution in [0.5, 0.6) is 0 Å². The summed E-state index contributed by atoms with van der Waals surface area (Å²) in [5.74, 6) is -8.74. The van der Waals surface area contributed by atoms with E-state index in [0.29, 0.717) is 0 Å². The zero-order valence-electron chi connectivity index (χ0n) is 33.0. The fourth-order valence-corrected chi connectivity index (χ4v) is 4.88. The van der Waals surface area contributed by atoms with E-state index in [9.17, 15) is 43.5 Å². The van der Waals surface area contributed by atoms with E-state index in [2.05, 4.69) is 46.9 Å². The Hall–Kier alpha value is -6.47. The molecule has 0 aliphatic rings. The van der Waals surface area contributed by atoms with Crippen LogP contribution in [0.4, 0.5) is 0 Å². The summed E-state index contributed by atoms with van der Waals surface area (Å²) >= 11 is 0. The van der Waals surface area contributed by atoms with Crippen molar-refractivity contribution in [2.24, 2.45) is 66.8 Å². The number of nitrogens with zero attached hydrogens (tertiary/aromatic N) is 3. The average Bonchev–Trinajstić information content (AvgIpc) is 3.11. The summed E-state index contributed by atoms with van der Waals surface area (Å²) in [4.78, 5) is 114. The molecule has 0 rings (SSSR count). The Bertz CT molecular complexity index is 1510. The van der Waals surface area contributed by atoms with Gasteiger partial charge >= 0.3 is 5.97 Å². The van der Waals surface area contributed by atoms with Gasteiger partial charge in [-0.15, -0.1) is 0 Å². The van der Waals surface area contributed by atoms with E-state index in [1.807, 2.05) is 0 Å². The van der Waals surface area contributed by atoms with Crippen LogP contribution in [0, 0.1) is 5.92 Å². The molecular weight excluding hydrogens is 766 g/mol. The van der Waals surface area contributed by atoms with E-state index in [0.717, 1.165) is 0 Å². The number of carboxylic acids is 1. The second-order valence-corrected chi connectivity index (χ2v) is 13.4. The highest BCUT2D eigenvalue weighted by Crippen LogP contribution is 2.09. The topological polar surface area (TPSA) is 474 Å². The first kappa shape index (κ1) is 51.5. The van der Waals surface area contributed by atoms with Crippen molar-refractivity contribution in [3.63, 3.8) is 0 Å². The van der Waals surface area contributed by atoms with Crippen LogP contribution in [0.25, 0.3) is 0 Å². The van der Waals surface area contributed by atoms with Gasteiger partial charge < -0.3 is 82.9 Å². The lowest BCUT2D eigenvalue weighted by atomic mass is 10.0. The van der Waals surface area contributed by atoms with Gasteiger partial charge in [-0.05, 0) is 51.4 Å². The van der Waals surface area contributed by atoms with Crippen LogP contribution in [0.3, 0.4) is 0 Å². The third-order valence-electron chi connectivity index (χ3n) is 7.86. The maximum Gasteiger partial charge on any atom is 0.326 e. The zero-order valence-corrected chi connectivity index (χ0v) is 33.0. The molecule has 0 fully saturated rings. The van der Waals surface area contributed by atoms with Gasteiger partial charge in [0.1, 0.15) is 30.2 Å². The first-order chi connectivity index (χ1) is 27.0. The molecule has 0 heterocycles. The Labute approximate surface area is 335 Å². The number of primary amides is 1. The van der Waals surface area contributed by atoms with Gasteiger partial charge in [0.2, 0.25) is 41.4 Å². The van der Waals surface area contributed by atoms with Gasteiger partial charge in [0.15, 0.2) is 17.9 Å². The zero-order chi connectivity index (χ0) is 44.5. The summed E-state index contributed by atoms with van der Waals surface area (Å²) < 4.78 is 0. The molecule has 328 valence electrons. The van der Waals surface area contributed by atoms with Crippen LogP contribution >= 0.6 is 0 Å². The Morgan fingerprint density at radius 3 is 1.33 bits per heavy atom. The lowest BCUT2D eigenvalue weighted by Crippen LogP contribution is -2.60. The number of carboxylic acid groups (broad SMARTS) is 1. The fourth-order valence-electron chi connectivity index (χ4n) is 4.88. The number of hydrogen-bond donors (Lipinski definition) is 15. The number of carbonyl (C=O) groups is 8. The average molecular weight is 828 g/mol. The number of hydrogen-bond acceptors (Lipinski definition) is 12. The quantitative estimate of drug-likeness (QED) is 0.0198. The second kappa shape index (κ2) is 27.2. The summed E-state index contributed by atoms with van der Waals surface area (Å²) in [5, 5.41) is 24.2. The molecule has 0 unspecified atom stereocenters. The largest absolute Gasteiger partial charge is 0.480 e. The standard InChI is InChI=1S/C32H61N17O9/c1-15(2)23(28(56)47-17(7-4-10-41-30(35)36)25(53)48-19(29(57)58)9-6-12-43-32(39)40)49-26(54)18(8-5-11-42-31(37)38)46-27(55)20(13-21(34)50)45-22(51)14-44-24(52)16(3)33/h15-20,23H,4-14,33H2,1-3H3,(H2,34,50)(H,44,52)(H,45,51)(H,46,55)(H,47,56)(H,48,53)(H,49,54)(H,57,58)(H4,35,36,41)(H4,37,38,42)(H4,39,40,43)/t16-,17-,18-,19-,20-,23-/m0/s1. The van der Waals surface area contributed by atoms with Gasteiger partial charge in [-0.1, -0.05) is 13.8 Å². The van der Waals surface area contributed by atoms with Crippen molar-refractivity contribution in [2.45, 2.75) is 102 Å². The Balaban J connectivity index is 6.33. The lowest BCUT2D eigenvalue weighted by molar-refractivity contribution is -0.142. The second-order valence-electron chi connectivity index (χ2n) is 13.4. The number of carbonyl (C=O) groups excluding carboxylic acids is 7. The predicted octanol–water partition coefficient (Wildman–Crippen LogP) is -7.35. The molecule has 0 aromatic heterocycles. The molecular formula is C32H61N17O9. The number of amides is 7. The fraction of sp³-hybridized carbons (Fsp3) is 0.656. The van der Waals surface area contributed by atoms with E-state index in [4.69, 9.17) is 45.9 Å². The molecule has 0 saturated carbocycles. The lowest BCUT2D eigenvalue weighted by Gasteiger charge is -2.28. The molecule has 26 heteroatoms. The van der Waals surface area contributed by atoms with Crippen molar-refractivity contribution in [3.05, 3.63) is 0 Å². The number of aliphatic carboxylic acids is 1. The molecule has 0 saturated heterocycles. The van der Waals surface area contributed by atoms with E-state index in [1.165, 1.54) is 6.92 Å². The molecule has 26 nitrogen and oxygen atoms in total. The number of nitrogens with one attached hydrogen (secondary N) is 6. The van der Waals surface area contributed by atoms with Crippen LogP contribution in [0.2, 0.25) is 0 Å². The van der Waals surface area contributed by atoms with Gasteiger partial charge in [0.05, 0.1) is 19.0 Å². The minimum Gasteiger partial charge on any atom is -0.480 e. The SMILES string of the molecule is CC(C)[C@H](NC(=O)[C@H](CCCN=C(N)N)NC(=O)[C@H](CC(N)=O)NC(=O)CNC(=O)[C@H](C)N)C(=O)N[C@@H](CCCN=C(N)N)C(=O)N[C@@H](CCCN=C(N)N)C(=O)O. The monoisotopic (exact) mass is 827 g/mol. The van der Waals surface area contributed by atoms with Crippen LogP contribution < -0.4 is 77.8 Å². The first-order valence-electron chi connectivity index (χ1n) is 18.3. The normalized spacial score (nSPS) is 13.7. The van der Waals surface area contributed by atoms with Gasteiger partial charge in [-0.2, -0.15) is 0 Å². The summed E-state index contributed by atoms with van der Waals surface area (Å²) in [5.41, 5.74) is 43.0. The van der Waals surface area contributed by atoms with Gasteiger partial charge in [-0.25, -0.2) is 4.79 Å². The third-order valence-corrected chi connectivity index (χ3v) is 7.86. The Morgan fingerprint density at radius 2 is 0.931 bits per heavy atom. The van der Waals surface area contributed by atoms with Crippen molar-refractivity contribution in [3.8, 4) is 0 Å². The van der Waals surface area contributed by atoms with E-state index < -0.39 is 102 Å². The minimum atomic E-state index is -1.59. The first-order valence-corrected chi connectivity index (χ1v) is 18.3. The molecule has 7 amide bonds. The van der Waals surface area contributed by atoms with E-state index in [1.54, 1.807) is 13.8 Å². The van der Waals surface area contributed by atoms with E-state index in [-0.39, 0.29) is 76.0 Å². The van der Waals surface area contributed by atoms with Gasteiger partial charge in [0.25, 0.3) is 0 Å². The van der Waals surface area contributed by atoms with Crippen LogP contribution in [0.1, 0.15) is 65.7 Å². The maximum absolute atomic E-state index is 13.8. The van der Waals surface area contributed by atoms with Crippen LogP contribution in [-0.4, -0.2) is 133 Å². The molecule has 0 aliphatic heterocycles. The molecule has 6 atom stereocenters. The molecule has 58 heavy (non-hydrogen) atoms. The van der Waals surface area contributed by atoms with Crippen molar-refractivity contribution in [2.75, 3.05) is 26.2 Å². The summed E-state index contributed by atoms with van der Waals surface area (Å²) in [7, 11) is 0. The van der Waals surface area contributed by atoms with Crippen LogP contribution in [0.15, 0.2) is 15.0 Å². The van der Waals surface area contributed by atoms with Crippen molar-refractivity contribution >= 4 is 65.2 Å². The molecule has 0 bridgehead atoms. The summed E-state index contributed by atoms with van der Waals surface area (Å²) in [6.45, 7) is 4.15. The number of guanidine groups is 3. The highest BCUT2D eigenvalue weighted by molar-refractivity contribution is 5.97. The summed E-state index contributed by atoms with van der Waals surface area (Å²) in [6, 6.07) is -7.97. The van der Waals surface area contributed by atoms with Crippen LogP contribution in [-0.2, 0) is 38.4 Å².